The zero-order valence-electron chi connectivity index (χ0n) is 11.2. The molecule has 1 unspecified atom stereocenters. The van der Waals surface area contributed by atoms with E-state index in [1.165, 1.54) is 12.1 Å². The molecule has 1 aliphatic heterocycles. The molecule has 5 heteroatoms. The van der Waals surface area contributed by atoms with Crippen LogP contribution in [0.3, 0.4) is 0 Å². The molecule has 2 nitrogen and oxygen atoms in total. The van der Waals surface area contributed by atoms with Crippen molar-refractivity contribution in [2.75, 3.05) is 6.61 Å². The summed E-state index contributed by atoms with van der Waals surface area (Å²) in [6, 6.07) is 7.81. The summed E-state index contributed by atoms with van der Waals surface area (Å²) in [5, 5.41) is 0. The number of benzene rings is 2. The monoisotopic (exact) mass is 353 g/mol. The fourth-order valence-electron chi connectivity index (χ4n) is 2.53. The Balaban J connectivity index is 1.87. The van der Waals surface area contributed by atoms with Gasteiger partial charge < -0.3 is 10.5 Å². The maximum Gasteiger partial charge on any atom is 0.143 e. The fraction of sp³-hybridized carbons (Fsp3) is 0.250. The summed E-state index contributed by atoms with van der Waals surface area (Å²) >= 11 is 3.07. The van der Waals surface area contributed by atoms with Gasteiger partial charge in [0, 0.05) is 18.0 Å². The van der Waals surface area contributed by atoms with E-state index >= 15 is 0 Å². The molecule has 2 aromatic carbocycles. The Morgan fingerprint density at radius 2 is 2.05 bits per heavy atom. The molecule has 2 N–H and O–H groups in total. The second-order valence-electron chi connectivity index (χ2n) is 5.10. The van der Waals surface area contributed by atoms with Crippen molar-refractivity contribution in [2.45, 2.75) is 18.9 Å². The summed E-state index contributed by atoms with van der Waals surface area (Å²) in [6.07, 6.45) is 0.951. The van der Waals surface area contributed by atoms with Crippen molar-refractivity contribution in [2.24, 2.45) is 5.73 Å². The molecule has 2 aromatic rings. The Labute approximate surface area is 130 Å². The third-order valence-corrected chi connectivity index (χ3v) is 4.32. The van der Waals surface area contributed by atoms with E-state index in [4.69, 9.17) is 10.5 Å². The molecule has 0 aliphatic carbocycles. The molecule has 0 fully saturated rings. The fourth-order valence-corrected chi connectivity index (χ4v) is 2.90. The van der Waals surface area contributed by atoms with Crippen LogP contribution in [0.5, 0.6) is 5.75 Å². The quantitative estimate of drug-likeness (QED) is 0.849. The average molecular weight is 354 g/mol. The second-order valence-corrected chi connectivity index (χ2v) is 5.95. The van der Waals surface area contributed by atoms with Gasteiger partial charge >= 0.3 is 0 Å². The van der Waals surface area contributed by atoms with Crippen LogP contribution in [0.1, 0.15) is 22.7 Å². The first-order valence-corrected chi connectivity index (χ1v) is 7.49. The molecule has 21 heavy (non-hydrogen) atoms. The molecule has 0 saturated carbocycles. The van der Waals surface area contributed by atoms with Gasteiger partial charge in [-0.15, -0.1) is 0 Å². The van der Waals surface area contributed by atoms with E-state index in [0.29, 0.717) is 6.61 Å². The van der Waals surface area contributed by atoms with Gasteiger partial charge in [-0.3, -0.25) is 0 Å². The van der Waals surface area contributed by atoms with Crippen LogP contribution in [-0.2, 0) is 12.8 Å². The highest BCUT2D eigenvalue weighted by Gasteiger charge is 2.19. The number of halogens is 3. The third kappa shape index (κ3) is 2.80. The number of hydrogen-bond donors (Lipinski definition) is 1. The largest absolute Gasteiger partial charge is 0.493 e. The Bertz CT molecular complexity index is 690. The predicted molar refractivity (Wildman–Crippen MR) is 80.3 cm³/mol. The minimum Gasteiger partial charge on any atom is -0.493 e. The van der Waals surface area contributed by atoms with Gasteiger partial charge in [-0.05, 0) is 51.7 Å². The maximum absolute atomic E-state index is 14.0. The van der Waals surface area contributed by atoms with E-state index in [9.17, 15) is 8.78 Å². The van der Waals surface area contributed by atoms with Crippen molar-refractivity contribution >= 4 is 15.9 Å². The van der Waals surface area contributed by atoms with Gasteiger partial charge in [-0.1, -0.05) is 12.1 Å². The van der Waals surface area contributed by atoms with Crippen LogP contribution in [0.4, 0.5) is 8.78 Å². The third-order valence-electron chi connectivity index (χ3n) is 3.70. The molecular weight excluding hydrogens is 340 g/mol. The van der Waals surface area contributed by atoms with Crippen molar-refractivity contribution in [1.82, 2.24) is 0 Å². The maximum atomic E-state index is 14.0. The van der Waals surface area contributed by atoms with Crippen LogP contribution in [0.15, 0.2) is 34.8 Å². The summed E-state index contributed by atoms with van der Waals surface area (Å²) < 4.78 is 33.5. The second kappa shape index (κ2) is 5.73. The number of hydrogen-bond acceptors (Lipinski definition) is 2. The molecule has 0 radical (unpaired) electrons. The van der Waals surface area contributed by atoms with Crippen molar-refractivity contribution < 1.29 is 13.5 Å². The van der Waals surface area contributed by atoms with Crippen molar-refractivity contribution in [3.63, 3.8) is 0 Å². The van der Waals surface area contributed by atoms with Crippen LogP contribution in [0.25, 0.3) is 0 Å². The molecule has 0 amide bonds. The lowest BCUT2D eigenvalue weighted by Gasteiger charge is -2.15. The van der Waals surface area contributed by atoms with Crippen molar-refractivity contribution in [1.29, 1.82) is 0 Å². The highest BCUT2D eigenvalue weighted by atomic mass is 79.9. The molecule has 110 valence electrons. The predicted octanol–water partition coefficient (Wildman–Crippen LogP) is 3.90. The number of rotatable bonds is 3. The Morgan fingerprint density at radius 3 is 2.86 bits per heavy atom. The van der Waals surface area contributed by atoms with Gasteiger partial charge in [-0.2, -0.15) is 0 Å². The average Bonchev–Trinajstić information content (AvgIpc) is 2.94. The highest BCUT2D eigenvalue weighted by Crippen LogP contribution is 2.30. The first kappa shape index (κ1) is 14.5. The highest BCUT2D eigenvalue weighted by molar-refractivity contribution is 9.10. The van der Waals surface area contributed by atoms with Crippen molar-refractivity contribution in [3.05, 3.63) is 63.1 Å². The number of nitrogens with two attached hydrogens (primary N) is 1. The lowest BCUT2D eigenvalue weighted by Crippen LogP contribution is -2.15. The van der Waals surface area contributed by atoms with Crippen LogP contribution in [0, 0.1) is 11.6 Å². The summed E-state index contributed by atoms with van der Waals surface area (Å²) in [5.41, 5.74) is 8.08. The molecule has 1 heterocycles. The molecule has 1 atom stereocenters. The van der Waals surface area contributed by atoms with Gasteiger partial charge in [0.25, 0.3) is 0 Å². The summed E-state index contributed by atoms with van der Waals surface area (Å²) in [6.45, 7) is 0.670. The van der Waals surface area contributed by atoms with Crippen LogP contribution >= 0.6 is 15.9 Å². The van der Waals surface area contributed by atoms with E-state index in [2.05, 4.69) is 15.9 Å². The lowest BCUT2D eigenvalue weighted by molar-refractivity contribution is 0.357. The Kier molecular flexibility index (Phi) is 3.95. The number of fused-ring (bicyclic) bond motifs is 1. The standard InChI is InChI=1S/C16H14BrF2NO/c17-12-2-3-13(18)11(16(12)19)8-14(20)9-1-4-15-10(7-9)5-6-21-15/h1-4,7,14H,5-6,8,20H2. The molecule has 0 spiro atoms. The van der Waals surface area contributed by atoms with E-state index in [0.717, 1.165) is 23.3 Å². The summed E-state index contributed by atoms with van der Waals surface area (Å²) in [4.78, 5) is 0. The smallest absolute Gasteiger partial charge is 0.143 e. The summed E-state index contributed by atoms with van der Waals surface area (Å²) in [5.74, 6) is -0.295. The van der Waals surface area contributed by atoms with E-state index < -0.39 is 17.7 Å². The molecular formula is C16H14BrF2NO. The van der Waals surface area contributed by atoms with E-state index in [1.807, 2.05) is 18.2 Å². The first-order valence-electron chi connectivity index (χ1n) is 6.70. The molecule has 1 aliphatic rings. The van der Waals surface area contributed by atoms with E-state index in [1.54, 1.807) is 0 Å². The molecule has 0 aromatic heterocycles. The van der Waals surface area contributed by atoms with Crippen molar-refractivity contribution in [3.8, 4) is 5.75 Å². The minimum absolute atomic E-state index is 0.00798. The van der Waals surface area contributed by atoms with Gasteiger partial charge in [0.05, 0.1) is 11.1 Å². The molecule has 3 rings (SSSR count). The normalized spacial score (nSPS) is 14.7. The lowest BCUT2D eigenvalue weighted by atomic mass is 9.97. The van der Waals surface area contributed by atoms with Gasteiger partial charge in [-0.25, -0.2) is 8.78 Å². The Hall–Kier alpha value is -1.46. The topological polar surface area (TPSA) is 35.2 Å². The van der Waals surface area contributed by atoms with Crippen LogP contribution < -0.4 is 10.5 Å². The van der Waals surface area contributed by atoms with Crippen LogP contribution in [0.2, 0.25) is 0 Å². The Morgan fingerprint density at radius 1 is 1.24 bits per heavy atom. The first-order chi connectivity index (χ1) is 10.1. The number of ether oxygens (including phenoxy) is 1. The SMILES string of the molecule is NC(Cc1c(F)ccc(Br)c1F)c1ccc2c(c1)CCO2. The molecule has 0 saturated heterocycles. The van der Waals surface area contributed by atoms with Gasteiger partial charge in [0.15, 0.2) is 0 Å². The van der Waals surface area contributed by atoms with Gasteiger partial charge in [0.2, 0.25) is 0 Å². The van der Waals surface area contributed by atoms with Crippen LogP contribution in [-0.4, -0.2) is 6.61 Å². The van der Waals surface area contributed by atoms with Gasteiger partial charge in [0.1, 0.15) is 17.4 Å². The molecule has 0 bridgehead atoms. The minimum atomic E-state index is -0.588. The zero-order valence-corrected chi connectivity index (χ0v) is 12.8. The summed E-state index contributed by atoms with van der Waals surface area (Å²) in [7, 11) is 0. The zero-order chi connectivity index (χ0) is 15.0. The van der Waals surface area contributed by atoms with E-state index in [-0.39, 0.29) is 16.5 Å².